The lowest BCUT2D eigenvalue weighted by atomic mass is 10.0. The number of nitrogens with one attached hydrogen (secondary N) is 1. The average Bonchev–Trinajstić information content (AvgIpc) is 2.43. The Morgan fingerprint density at radius 2 is 1.68 bits per heavy atom. The molecular weight excluding hydrogens is 422 g/mol. The summed E-state index contributed by atoms with van der Waals surface area (Å²) in [6, 6.07) is 0.974. The van der Waals surface area contributed by atoms with Crippen molar-refractivity contribution in [1.82, 2.24) is 4.90 Å². The first kappa shape index (κ1) is 21.0. The van der Waals surface area contributed by atoms with Gasteiger partial charge in [-0.3, -0.25) is 9.59 Å². The van der Waals surface area contributed by atoms with Gasteiger partial charge in [0.1, 0.15) is 0 Å². The van der Waals surface area contributed by atoms with Gasteiger partial charge >= 0.3 is 18.3 Å². The number of hydrogen-bond donors (Lipinski definition) is 1. The summed E-state index contributed by atoms with van der Waals surface area (Å²) in [5.74, 6) is -3.38. The smallest absolute Gasteiger partial charge is 0.383 e. The maximum absolute atomic E-state index is 12.9. The monoisotopic (exact) mass is 432 g/mol. The molecule has 0 bridgehead atoms. The molecule has 0 spiro atoms. The van der Waals surface area contributed by atoms with E-state index in [1.807, 2.05) is 0 Å². The third-order valence-electron chi connectivity index (χ3n) is 2.71. The molecule has 0 aliphatic carbocycles. The quantitative estimate of drug-likeness (QED) is 0.440. The summed E-state index contributed by atoms with van der Waals surface area (Å²) in [6.07, 6.45) is -8.04. The van der Waals surface area contributed by atoms with Crippen LogP contribution in [0, 0.1) is 0 Å². The molecule has 4 nitrogen and oxygen atoms in total. The molecule has 0 unspecified atom stereocenters. The van der Waals surface area contributed by atoms with E-state index in [9.17, 15) is 35.9 Å². The van der Waals surface area contributed by atoms with Gasteiger partial charge in [0.25, 0.3) is 0 Å². The summed E-state index contributed by atoms with van der Waals surface area (Å²) in [5.41, 5.74) is -2.76. The fraction of sp³-hybridized carbons (Fsp3) is 0.286. The molecule has 0 aromatic heterocycles. The molecule has 1 aromatic carbocycles. The Hall–Kier alpha value is -2.04. The largest absolute Gasteiger partial charge is 0.471 e. The van der Waals surface area contributed by atoms with Crippen LogP contribution in [-0.4, -0.2) is 36.9 Å². The standard InChI is InChI=1S/C14H11BrF6N2O2/c1-23(2)4-3-11(24)7-5-9(15)8(13(16,17)18)6-10(7)22-12(25)14(19,20)21/h3-6H,1-2H3,(H,22,25)/b4-3+. The molecular formula is C14H11BrF6N2O2. The summed E-state index contributed by atoms with van der Waals surface area (Å²) in [4.78, 5) is 24.6. The van der Waals surface area contributed by atoms with Crippen LogP contribution in [-0.2, 0) is 11.0 Å². The minimum absolute atomic E-state index is 0.268. The molecule has 25 heavy (non-hydrogen) atoms. The SMILES string of the molecule is CN(C)/C=C/C(=O)c1cc(Br)c(C(F)(F)F)cc1NC(=O)C(F)(F)F. The van der Waals surface area contributed by atoms with Crippen LogP contribution < -0.4 is 5.32 Å². The molecule has 0 aliphatic heterocycles. The highest BCUT2D eigenvalue weighted by molar-refractivity contribution is 9.10. The van der Waals surface area contributed by atoms with Crippen LogP contribution in [0.4, 0.5) is 32.0 Å². The first-order valence-corrected chi connectivity index (χ1v) is 7.20. The van der Waals surface area contributed by atoms with E-state index < -0.39 is 45.3 Å². The lowest BCUT2D eigenvalue weighted by Gasteiger charge is -2.16. The number of hydrogen-bond acceptors (Lipinski definition) is 3. The Kier molecular flexibility index (Phi) is 6.27. The molecule has 1 N–H and O–H groups in total. The van der Waals surface area contributed by atoms with Crippen molar-refractivity contribution in [3.8, 4) is 0 Å². The summed E-state index contributed by atoms with van der Waals surface area (Å²) < 4.78 is 75.4. The topological polar surface area (TPSA) is 49.4 Å². The summed E-state index contributed by atoms with van der Waals surface area (Å²) in [7, 11) is 3.11. The van der Waals surface area contributed by atoms with E-state index in [0.717, 1.165) is 6.08 Å². The Morgan fingerprint density at radius 3 is 2.12 bits per heavy atom. The maximum atomic E-state index is 12.9. The third-order valence-corrected chi connectivity index (χ3v) is 3.36. The van der Waals surface area contributed by atoms with E-state index in [-0.39, 0.29) is 6.07 Å². The van der Waals surface area contributed by atoms with Gasteiger partial charge in [-0.2, -0.15) is 26.3 Å². The van der Waals surface area contributed by atoms with Crippen molar-refractivity contribution in [2.24, 2.45) is 0 Å². The molecule has 1 aromatic rings. The van der Waals surface area contributed by atoms with Gasteiger partial charge in [-0.25, -0.2) is 0 Å². The first-order chi connectivity index (χ1) is 11.2. The van der Waals surface area contributed by atoms with Crippen molar-refractivity contribution in [2.75, 3.05) is 19.4 Å². The molecule has 0 atom stereocenters. The van der Waals surface area contributed by atoms with E-state index in [1.54, 1.807) is 14.1 Å². The third kappa shape index (κ3) is 5.76. The molecule has 1 rings (SSSR count). The number of carbonyl (C=O) groups is 2. The van der Waals surface area contributed by atoms with E-state index in [2.05, 4.69) is 15.9 Å². The minimum Gasteiger partial charge on any atom is -0.383 e. The van der Waals surface area contributed by atoms with Crippen molar-refractivity contribution in [1.29, 1.82) is 0 Å². The molecule has 1 amide bonds. The van der Waals surface area contributed by atoms with E-state index in [0.29, 0.717) is 6.07 Å². The van der Waals surface area contributed by atoms with Gasteiger partial charge in [0, 0.05) is 36.4 Å². The lowest BCUT2D eigenvalue weighted by Crippen LogP contribution is -2.30. The number of benzene rings is 1. The molecule has 138 valence electrons. The first-order valence-electron chi connectivity index (χ1n) is 6.41. The Labute approximate surface area is 146 Å². The normalized spacial score (nSPS) is 12.4. The average molecular weight is 433 g/mol. The highest BCUT2D eigenvalue weighted by atomic mass is 79.9. The van der Waals surface area contributed by atoms with Crippen LogP contribution in [0.2, 0.25) is 0 Å². The van der Waals surface area contributed by atoms with Gasteiger partial charge in [-0.05, 0) is 12.1 Å². The fourth-order valence-corrected chi connectivity index (χ4v) is 2.17. The number of halogens is 7. The van der Waals surface area contributed by atoms with Crippen molar-refractivity contribution >= 4 is 33.3 Å². The zero-order chi connectivity index (χ0) is 19.6. The number of rotatable bonds is 4. The Bertz CT molecular complexity index is 710. The number of ketones is 1. The maximum Gasteiger partial charge on any atom is 0.471 e. The molecule has 11 heteroatoms. The van der Waals surface area contributed by atoms with E-state index >= 15 is 0 Å². The summed E-state index contributed by atoms with van der Waals surface area (Å²) >= 11 is 2.63. The fourth-order valence-electron chi connectivity index (χ4n) is 1.60. The molecule has 0 heterocycles. The van der Waals surface area contributed by atoms with E-state index in [1.165, 1.54) is 16.4 Å². The molecule has 0 fully saturated rings. The van der Waals surface area contributed by atoms with Crippen LogP contribution in [0.25, 0.3) is 0 Å². The highest BCUT2D eigenvalue weighted by Crippen LogP contribution is 2.38. The van der Waals surface area contributed by atoms with Crippen LogP contribution in [0.5, 0.6) is 0 Å². The zero-order valence-corrected chi connectivity index (χ0v) is 14.3. The van der Waals surface area contributed by atoms with E-state index in [4.69, 9.17) is 0 Å². The highest BCUT2D eigenvalue weighted by Gasteiger charge is 2.40. The minimum atomic E-state index is -5.33. The van der Waals surface area contributed by atoms with Crippen molar-refractivity contribution in [2.45, 2.75) is 12.4 Å². The second-order valence-electron chi connectivity index (χ2n) is 4.97. The molecule has 0 saturated heterocycles. The van der Waals surface area contributed by atoms with Gasteiger partial charge in [0.15, 0.2) is 5.78 Å². The van der Waals surface area contributed by atoms with Crippen LogP contribution in [0.15, 0.2) is 28.9 Å². The van der Waals surface area contributed by atoms with Crippen LogP contribution in [0.1, 0.15) is 15.9 Å². The Balaban J connectivity index is 3.46. The van der Waals surface area contributed by atoms with Crippen molar-refractivity contribution in [3.05, 3.63) is 40.0 Å². The number of nitrogens with zero attached hydrogens (tertiary/aromatic N) is 1. The van der Waals surface area contributed by atoms with Crippen LogP contribution in [0.3, 0.4) is 0 Å². The zero-order valence-electron chi connectivity index (χ0n) is 12.7. The van der Waals surface area contributed by atoms with Gasteiger partial charge in [-0.1, -0.05) is 15.9 Å². The number of amides is 1. The van der Waals surface area contributed by atoms with Gasteiger partial charge in [0.05, 0.1) is 11.3 Å². The summed E-state index contributed by atoms with van der Waals surface area (Å²) in [5, 5.41) is 1.31. The number of carbonyl (C=O) groups excluding carboxylic acids is 2. The molecule has 0 radical (unpaired) electrons. The second kappa shape index (κ2) is 7.46. The molecule has 0 saturated carbocycles. The number of allylic oxidation sites excluding steroid dienone is 1. The van der Waals surface area contributed by atoms with Crippen molar-refractivity contribution in [3.63, 3.8) is 0 Å². The Morgan fingerprint density at radius 1 is 1.12 bits per heavy atom. The predicted molar refractivity (Wildman–Crippen MR) is 81.0 cm³/mol. The second-order valence-corrected chi connectivity index (χ2v) is 5.83. The summed E-state index contributed by atoms with van der Waals surface area (Å²) in [6.45, 7) is 0. The predicted octanol–water partition coefficient (Wildman–Crippen LogP) is 4.23. The van der Waals surface area contributed by atoms with Gasteiger partial charge in [-0.15, -0.1) is 0 Å². The number of alkyl halides is 6. The lowest BCUT2D eigenvalue weighted by molar-refractivity contribution is -0.167. The van der Waals surface area contributed by atoms with Crippen molar-refractivity contribution < 1.29 is 35.9 Å². The van der Waals surface area contributed by atoms with Gasteiger partial charge < -0.3 is 10.2 Å². The van der Waals surface area contributed by atoms with Gasteiger partial charge in [0.2, 0.25) is 0 Å². The molecule has 0 aliphatic rings. The van der Waals surface area contributed by atoms with Crippen LogP contribution >= 0.6 is 15.9 Å². The number of anilines is 1.